The molecule has 9 nitrogen and oxygen atoms in total. The van der Waals surface area contributed by atoms with Crippen LogP contribution in [0.25, 0.3) is 5.82 Å². The normalized spacial score (nSPS) is 13.4. The van der Waals surface area contributed by atoms with E-state index in [1.165, 1.54) is 11.8 Å². The van der Waals surface area contributed by atoms with Crippen LogP contribution in [0.15, 0.2) is 64.1 Å². The molecule has 0 unspecified atom stereocenters. The van der Waals surface area contributed by atoms with Crippen molar-refractivity contribution in [2.75, 3.05) is 12.0 Å². The maximum absolute atomic E-state index is 4.98. The largest absolute Gasteiger partial charge is 0.306 e. The minimum absolute atomic E-state index is 0.243. The molecule has 4 rings (SSSR count). The highest BCUT2D eigenvalue weighted by atomic mass is 32.2. The molecule has 1 aliphatic rings. The van der Waals surface area contributed by atoms with Crippen LogP contribution in [0.3, 0.4) is 0 Å². The Balaban J connectivity index is 1.67. The molecule has 10 heteroatoms. The molecule has 24 heavy (non-hydrogen) atoms. The number of hydroxylamine groups is 1. The first-order valence-electron chi connectivity index (χ1n) is 7.04. The van der Waals surface area contributed by atoms with Gasteiger partial charge in [-0.1, -0.05) is 18.2 Å². The molecule has 2 N–H and O–H groups in total. The van der Waals surface area contributed by atoms with Gasteiger partial charge in [0, 0.05) is 17.3 Å². The maximum atomic E-state index is 4.98. The summed E-state index contributed by atoms with van der Waals surface area (Å²) >= 11 is 1.42. The second kappa shape index (κ2) is 6.64. The number of hydrogen-bond donors (Lipinski definition) is 2. The first kappa shape index (κ1) is 14.6. The molecular weight excluding hydrogens is 328 g/mol. The second-order valence-electron chi connectivity index (χ2n) is 4.66. The van der Waals surface area contributed by atoms with Crippen molar-refractivity contribution in [1.82, 2.24) is 30.2 Å². The molecule has 0 spiro atoms. The quantitative estimate of drug-likeness (QED) is 0.736. The zero-order valence-electron chi connectivity index (χ0n) is 12.3. The van der Waals surface area contributed by atoms with Crippen LogP contribution in [-0.2, 0) is 4.84 Å². The highest BCUT2D eigenvalue weighted by molar-refractivity contribution is 7.99. The van der Waals surface area contributed by atoms with Crippen molar-refractivity contribution < 1.29 is 4.84 Å². The molecule has 0 amide bonds. The van der Waals surface area contributed by atoms with Gasteiger partial charge in [0.1, 0.15) is 6.33 Å². The monoisotopic (exact) mass is 340 g/mol. The number of aliphatic imine (C=N–C) groups is 1. The third kappa shape index (κ3) is 3.19. The second-order valence-corrected chi connectivity index (χ2v) is 5.70. The van der Waals surface area contributed by atoms with E-state index in [0.29, 0.717) is 22.8 Å². The van der Waals surface area contributed by atoms with E-state index in [-0.39, 0.29) is 6.73 Å². The first-order valence-corrected chi connectivity index (χ1v) is 7.85. The molecular formula is C14H12N8OS. The van der Waals surface area contributed by atoms with E-state index in [1.807, 2.05) is 30.3 Å². The Morgan fingerprint density at radius 1 is 1.21 bits per heavy atom. The Hall–Kier alpha value is -2.98. The van der Waals surface area contributed by atoms with Gasteiger partial charge in [-0.2, -0.15) is 4.98 Å². The lowest BCUT2D eigenvalue weighted by atomic mass is 10.4. The molecule has 2 aromatic heterocycles. The summed E-state index contributed by atoms with van der Waals surface area (Å²) in [4.78, 5) is 18.7. The summed E-state index contributed by atoms with van der Waals surface area (Å²) in [5.74, 6) is 1.48. The van der Waals surface area contributed by atoms with Crippen LogP contribution in [-0.4, -0.2) is 37.4 Å². The van der Waals surface area contributed by atoms with Gasteiger partial charge in [-0.15, -0.1) is 10.2 Å². The highest BCUT2D eigenvalue weighted by Crippen LogP contribution is 2.26. The van der Waals surface area contributed by atoms with E-state index >= 15 is 0 Å². The van der Waals surface area contributed by atoms with Gasteiger partial charge in [-0.25, -0.2) is 20.3 Å². The van der Waals surface area contributed by atoms with E-state index in [2.05, 4.69) is 36.0 Å². The van der Waals surface area contributed by atoms with Crippen molar-refractivity contribution >= 4 is 23.5 Å². The molecule has 0 radical (unpaired) electrons. The lowest BCUT2D eigenvalue weighted by Gasteiger charge is -2.10. The summed E-state index contributed by atoms with van der Waals surface area (Å²) in [5, 5.41) is 12.0. The number of benzene rings is 1. The Kier molecular flexibility index (Phi) is 4.04. The average Bonchev–Trinajstić information content (AvgIpc) is 3.30. The Morgan fingerprint density at radius 3 is 2.88 bits per heavy atom. The molecule has 0 atom stereocenters. The molecule has 0 saturated heterocycles. The molecule has 3 aromatic rings. The minimum atomic E-state index is 0.243. The van der Waals surface area contributed by atoms with E-state index in [1.54, 1.807) is 23.3 Å². The number of nitrogens with zero attached hydrogens (tertiary/aromatic N) is 6. The molecule has 120 valence electrons. The Labute approximate surface area is 141 Å². The van der Waals surface area contributed by atoms with Gasteiger partial charge in [-0.05, 0) is 23.9 Å². The van der Waals surface area contributed by atoms with Gasteiger partial charge in [-0.3, -0.25) is 4.57 Å². The predicted molar refractivity (Wildman–Crippen MR) is 87.7 cm³/mol. The van der Waals surface area contributed by atoms with Crippen LogP contribution in [0.5, 0.6) is 0 Å². The third-order valence-electron chi connectivity index (χ3n) is 3.04. The molecule has 3 heterocycles. The number of anilines is 1. The zero-order chi connectivity index (χ0) is 16.2. The van der Waals surface area contributed by atoms with Gasteiger partial charge in [0.05, 0.1) is 0 Å². The van der Waals surface area contributed by atoms with E-state index in [9.17, 15) is 0 Å². The fourth-order valence-corrected chi connectivity index (χ4v) is 2.71. The summed E-state index contributed by atoms with van der Waals surface area (Å²) in [6.07, 6.45) is 5.05. The van der Waals surface area contributed by atoms with E-state index in [0.717, 1.165) is 4.90 Å². The summed E-state index contributed by atoms with van der Waals surface area (Å²) in [6, 6.07) is 9.86. The summed E-state index contributed by atoms with van der Waals surface area (Å²) in [7, 11) is 0. The SMILES string of the molecule is c1ccc(Sc2nnc(-n3ccnc3)c(NC3=NCON3)n2)cc1. The first-order chi connectivity index (χ1) is 11.9. The number of rotatable bonds is 4. The van der Waals surface area contributed by atoms with Gasteiger partial charge >= 0.3 is 0 Å². The Morgan fingerprint density at radius 2 is 2.12 bits per heavy atom. The lowest BCUT2D eigenvalue weighted by molar-refractivity contribution is 0.115. The van der Waals surface area contributed by atoms with Crippen LogP contribution in [0, 0.1) is 0 Å². The van der Waals surface area contributed by atoms with Crippen molar-refractivity contribution in [3.05, 3.63) is 49.1 Å². The maximum Gasteiger partial charge on any atom is 0.224 e. The van der Waals surface area contributed by atoms with Crippen molar-refractivity contribution in [2.45, 2.75) is 10.1 Å². The fraction of sp³-hybridized carbons (Fsp3) is 0.0714. The Bertz CT molecular complexity index is 852. The van der Waals surface area contributed by atoms with Gasteiger partial charge in [0.15, 0.2) is 12.5 Å². The number of imidazole rings is 1. The van der Waals surface area contributed by atoms with Crippen LogP contribution in [0.4, 0.5) is 5.82 Å². The number of nitrogens with one attached hydrogen (secondary N) is 2. The lowest BCUT2D eigenvalue weighted by Crippen LogP contribution is -2.26. The highest BCUT2D eigenvalue weighted by Gasteiger charge is 2.15. The van der Waals surface area contributed by atoms with Gasteiger partial charge in [0.2, 0.25) is 16.9 Å². The van der Waals surface area contributed by atoms with Crippen LogP contribution >= 0.6 is 11.8 Å². The summed E-state index contributed by atoms with van der Waals surface area (Å²) < 4.78 is 1.72. The fourth-order valence-electron chi connectivity index (χ4n) is 1.99. The molecule has 0 aliphatic carbocycles. The molecule has 0 bridgehead atoms. The van der Waals surface area contributed by atoms with Crippen molar-refractivity contribution in [3.8, 4) is 5.82 Å². The van der Waals surface area contributed by atoms with Crippen molar-refractivity contribution in [1.29, 1.82) is 0 Å². The molecule has 1 aliphatic heterocycles. The number of guanidine groups is 1. The average molecular weight is 340 g/mol. The van der Waals surface area contributed by atoms with Crippen LogP contribution in [0.1, 0.15) is 0 Å². The number of hydrogen-bond acceptors (Lipinski definition) is 9. The topological polar surface area (TPSA) is 102 Å². The minimum Gasteiger partial charge on any atom is -0.306 e. The summed E-state index contributed by atoms with van der Waals surface area (Å²) in [6.45, 7) is 0.243. The van der Waals surface area contributed by atoms with Crippen LogP contribution < -0.4 is 10.8 Å². The van der Waals surface area contributed by atoms with E-state index < -0.39 is 0 Å². The molecule has 0 fully saturated rings. The molecule has 0 saturated carbocycles. The van der Waals surface area contributed by atoms with Crippen molar-refractivity contribution in [3.63, 3.8) is 0 Å². The standard InChI is InChI=1S/C14H12N8OS/c1-2-4-10(5-3-1)24-14-18-11(17-13-16-9-23-21-13)12(19-20-14)22-7-6-15-8-22/h1-8H,9H2,(H2,16,17,18,20,21). The summed E-state index contributed by atoms with van der Waals surface area (Å²) in [5.41, 5.74) is 2.67. The van der Waals surface area contributed by atoms with Gasteiger partial charge < -0.3 is 5.32 Å². The predicted octanol–water partition coefficient (Wildman–Crippen LogP) is 1.47. The van der Waals surface area contributed by atoms with E-state index in [4.69, 9.17) is 4.84 Å². The molecule has 1 aromatic carbocycles. The smallest absolute Gasteiger partial charge is 0.224 e. The van der Waals surface area contributed by atoms with Crippen LogP contribution in [0.2, 0.25) is 0 Å². The zero-order valence-corrected chi connectivity index (χ0v) is 13.1. The van der Waals surface area contributed by atoms with Crippen molar-refractivity contribution in [2.24, 2.45) is 4.99 Å². The van der Waals surface area contributed by atoms with Gasteiger partial charge in [0.25, 0.3) is 0 Å². The number of aromatic nitrogens is 5. The third-order valence-corrected chi connectivity index (χ3v) is 3.91.